The summed E-state index contributed by atoms with van der Waals surface area (Å²) in [5.41, 5.74) is 7.71. The molecule has 0 saturated carbocycles. The summed E-state index contributed by atoms with van der Waals surface area (Å²) in [4.78, 5) is 12.8. The Morgan fingerprint density at radius 1 is 0.590 bits per heavy atom. The van der Waals surface area contributed by atoms with E-state index in [1.165, 1.54) is 26.1 Å². The van der Waals surface area contributed by atoms with E-state index in [9.17, 15) is 0 Å². The first-order chi connectivity index (χ1) is 19.3. The first kappa shape index (κ1) is 21.1. The molecule has 182 valence electrons. The van der Waals surface area contributed by atoms with E-state index in [1.54, 1.807) is 11.8 Å². The molecule has 0 saturated heterocycles. The van der Waals surface area contributed by atoms with Gasteiger partial charge in [0.25, 0.3) is 0 Å². The maximum absolute atomic E-state index is 5.26. The highest BCUT2D eigenvalue weighted by Gasteiger charge is 2.23. The SMILES string of the molecule is c1ccc(-n2c3ccccc3c3ccc4ccn(-c5nc6c7c(cccc7n5)Sc5ccccc5-6)c4c32)cc1. The number of hydrogen-bond donors (Lipinski definition) is 0. The average Bonchev–Trinajstić information content (AvgIpc) is 3.57. The predicted octanol–water partition coefficient (Wildman–Crippen LogP) is 8.80. The van der Waals surface area contributed by atoms with Crippen molar-refractivity contribution in [1.82, 2.24) is 19.1 Å². The van der Waals surface area contributed by atoms with E-state index >= 15 is 0 Å². The van der Waals surface area contributed by atoms with Gasteiger partial charge in [0.2, 0.25) is 5.95 Å². The molecule has 5 aromatic carbocycles. The number of benzene rings is 5. The van der Waals surface area contributed by atoms with Gasteiger partial charge in [0.15, 0.2) is 0 Å². The fourth-order valence-electron chi connectivity index (χ4n) is 6.08. The van der Waals surface area contributed by atoms with Crippen LogP contribution in [-0.4, -0.2) is 19.1 Å². The zero-order valence-corrected chi connectivity index (χ0v) is 21.6. The maximum Gasteiger partial charge on any atom is 0.235 e. The summed E-state index contributed by atoms with van der Waals surface area (Å²) >= 11 is 1.79. The van der Waals surface area contributed by atoms with E-state index in [0.29, 0.717) is 5.95 Å². The second kappa shape index (κ2) is 7.82. The van der Waals surface area contributed by atoms with Gasteiger partial charge in [-0.15, -0.1) is 0 Å². The average molecular weight is 517 g/mol. The normalized spacial score (nSPS) is 12.5. The summed E-state index contributed by atoms with van der Waals surface area (Å²) in [5.74, 6) is 0.684. The van der Waals surface area contributed by atoms with E-state index in [-0.39, 0.29) is 0 Å². The molecule has 5 heteroatoms. The van der Waals surface area contributed by atoms with E-state index in [1.807, 2.05) is 0 Å². The van der Waals surface area contributed by atoms with Crippen LogP contribution in [0.15, 0.2) is 131 Å². The van der Waals surface area contributed by atoms with Crippen molar-refractivity contribution in [3.63, 3.8) is 0 Å². The van der Waals surface area contributed by atoms with Gasteiger partial charge in [0.05, 0.1) is 27.8 Å². The molecule has 0 fully saturated rings. The van der Waals surface area contributed by atoms with Crippen LogP contribution in [0.1, 0.15) is 0 Å². The Balaban J connectivity index is 1.42. The summed E-state index contributed by atoms with van der Waals surface area (Å²) in [6.07, 6.45) is 2.11. The minimum atomic E-state index is 0.684. The standard InChI is InChI=1S/C34H20N4S/c1-2-9-22(10-3-1)38-27-14-6-4-11-23(27)24-18-17-21-19-20-37(32(21)33(24)38)34-35-26-13-8-16-29-30(26)31(36-34)25-12-5-7-15-28(25)39-29/h1-20H. The molecule has 0 amide bonds. The molecule has 9 rings (SSSR count). The summed E-state index contributed by atoms with van der Waals surface area (Å²) < 4.78 is 4.54. The van der Waals surface area contributed by atoms with Gasteiger partial charge in [0, 0.05) is 48.8 Å². The van der Waals surface area contributed by atoms with Crippen LogP contribution in [0.5, 0.6) is 0 Å². The second-order valence-corrected chi connectivity index (χ2v) is 11.0. The molecule has 0 bridgehead atoms. The first-order valence-electron chi connectivity index (χ1n) is 13.0. The lowest BCUT2D eigenvalue weighted by Crippen LogP contribution is -2.05. The summed E-state index contributed by atoms with van der Waals surface area (Å²) in [6, 6.07) is 40.8. The van der Waals surface area contributed by atoms with Crippen LogP contribution in [0.3, 0.4) is 0 Å². The van der Waals surface area contributed by atoms with E-state index in [4.69, 9.17) is 9.97 Å². The molecule has 8 aromatic rings. The molecule has 0 N–H and O–H groups in total. The number of fused-ring (bicyclic) bond motifs is 7. The van der Waals surface area contributed by atoms with Gasteiger partial charge in [-0.25, -0.2) is 9.97 Å². The van der Waals surface area contributed by atoms with Crippen LogP contribution in [0.2, 0.25) is 0 Å². The molecular formula is C34H20N4S. The lowest BCUT2D eigenvalue weighted by Gasteiger charge is -2.20. The third kappa shape index (κ3) is 2.90. The fraction of sp³-hybridized carbons (Fsp3) is 0. The summed E-state index contributed by atoms with van der Waals surface area (Å²) in [7, 11) is 0. The van der Waals surface area contributed by atoms with Crippen molar-refractivity contribution in [2.24, 2.45) is 0 Å². The molecule has 0 atom stereocenters. The zero-order valence-electron chi connectivity index (χ0n) is 20.7. The van der Waals surface area contributed by atoms with Crippen LogP contribution in [0.25, 0.3) is 66.5 Å². The van der Waals surface area contributed by atoms with Crippen LogP contribution in [0.4, 0.5) is 0 Å². The second-order valence-electron chi connectivity index (χ2n) is 9.89. The fourth-order valence-corrected chi connectivity index (χ4v) is 7.19. The highest BCUT2D eigenvalue weighted by atomic mass is 32.2. The van der Waals surface area contributed by atoms with Crippen LogP contribution in [-0.2, 0) is 0 Å². The number of hydrogen-bond acceptors (Lipinski definition) is 3. The Morgan fingerprint density at radius 3 is 2.36 bits per heavy atom. The van der Waals surface area contributed by atoms with Crippen molar-refractivity contribution < 1.29 is 0 Å². The molecule has 0 radical (unpaired) electrons. The van der Waals surface area contributed by atoms with Gasteiger partial charge in [-0.2, -0.15) is 0 Å². The quantitative estimate of drug-likeness (QED) is 0.230. The Bertz CT molecular complexity index is 2260. The van der Waals surface area contributed by atoms with Crippen LogP contribution < -0.4 is 0 Å². The monoisotopic (exact) mass is 516 g/mol. The number of aromatic nitrogens is 4. The number of rotatable bonds is 2. The van der Waals surface area contributed by atoms with Crippen molar-refractivity contribution in [1.29, 1.82) is 0 Å². The van der Waals surface area contributed by atoms with Gasteiger partial charge in [-0.3, -0.25) is 4.57 Å². The predicted molar refractivity (Wildman–Crippen MR) is 160 cm³/mol. The van der Waals surface area contributed by atoms with Crippen molar-refractivity contribution in [2.45, 2.75) is 9.79 Å². The first-order valence-corrected chi connectivity index (χ1v) is 13.8. The van der Waals surface area contributed by atoms with E-state index in [0.717, 1.165) is 44.3 Å². The molecular weight excluding hydrogens is 496 g/mol. The minimum absolute atomic E-state index is 0.684. The lowest BCUT2D eigenvalue weighted by molar-refractivity contribution is 0.980. The van der Waals surface area contributed by atoms with Crippen LogP contribution >= 0.6 is 11.8 Å². The van der Waals surface area contributed by atoms with Gasteiger partial charge in [0.1, 0.15) is 0 Å². The number of para-hydroxylation sites is 2. The Hall–Kier alpha value is -4.87. The van der Waals surface area contributed by atoms with Crippen molar-refractivity contribution in [3.05, 3.63) is 121 Å². The van der Waals surface area contributed by atoms with Gasteiger partial charge < -0.3 is 4.57 Å². The molecule has 1 aliphatic heterocycles. The molecule has 39 heavy (non-hydrogen) atoms. The van der Waals surface area contributed by atoms with E-state index in [2.05, 4.69) is 131 Å². The number of nitrogens with zero attached hydrogens (tertiary/aromatic N) is 4. The van der Waals surface area contributed by atoms with Crippen LogP contribution in [0, 0.1) is 0 Å². The highest BCUT2D eigenvalue weighted by Crippen LogP contribution is 2.47. The molecule has 1 aliphatic rings. The maximum atomic E-state index is 5.26. The highest BCUT2D eigenvalue weighted by molar-refractivity contribution is 7.99. The largest absolute Gasteiger partial charge is 0.307 e. The topological polar surface area (TPSA) is 35.6 Å². The molecule has 0 aliphatic carbocycles. The molecule has 0 unspecified atom stereocenters. The smallest absolute Gasteiger partial charge is 0.235 e. The molecule has 4 nitrogen and oxygen atoms in total. The molecule has 4 heterocycles. The van der Waals surface area contributed by atoms with Crippen molar-refractivity contribution in [3.8, 4) is 22.9 Å². The van der Waals surface area contributed by atoms with Gasteiger partial charge in [-0.1, -0.05) is 84.6 Å². The van der Waals surface area contributed by atoms with E-state index < -0.39 is 0 Å². The van der Waals surface area contributed by atoms with Crippen molar-refractivity contribution >= 4 is 55.4 Å². The lowest BCUT2D eigenvalue weighted by atomic mass is 10.1. The zero-order chi connectivity index (χ0) is 25.5. The Morgan fingerprint density at radius 2 is 1.41 bits per heavy atom. The van der Waals surface area contributed by atoms with Gasteiger partial charge >= 0.3 is 0 Å². The minimum Gasteiger partial charge on any atom is -0.307 e. The Labute approximate surface area is 228 Å². The van der Waals surface area contributed by atoms with Gasteiger partial charge in [-0.05, 0) is 42.5 Å². The summed E-state index contributed by atoms with van der Waals surface area (Å²) in [6.45, 7) is 0. The summed E-state index contributed by atoms with van der Waals surface area (Å²) in [5, 5.41) is 4.73. The molecule has 0 spiro atoms. The van der Waals surface area contributed by atoms with Crippen molar-refractivity contribution in [2.75, 3.05) is 0 Å². The Kier molecular flexibility index (Phi) is 4.23. The third-order valence-corrected chi connectivity index (χ3v) is 8.89. The molecule has 3 aromatic heterocycles. The third-order valence-electron chi connectivity index (χ3n) is 7.75.